The van der Waals surface area contributed by atoms with Crippen molar-refractivity contribution >= 4 is 22.5 Å². The summed E-state index contributed by atoms with van der Waals surface area (Å²) in [7, 11) is 2.09. The number of alkyl halides is 1. The van der Waals surface area contributed by atoms with E-state index in [-0.39, 0.29) is 18.9 Å². The van der Waals surface area contributed by atoms with E-state index in [0.29, 0.717) is 12.6 Å². The summed E-state index contributed by atoms with van der Waals surface area (Å²) in [6, 6.07) is 10.8. The molecule has 2 aliphatic rings. The van der Waals surface area contributed by atoms with Crippen LogP contribution >= 0.6 is 0 Å². The molecule has 1 amide bonds. The van der Waals surface area contributed by atoms with Gasteiger partial charge in [-0.3, -0.25) is 9.69 Å². The Morgan fingerprint density at radius 3 is 2.68 bits per heavy atom. The Balaban J connectivity index is 1.32. The van der Waals surface area contributed by atoms with E-state index in [0.717, 1.165) is 37.1 Å². The second-order valence-corrected chi connectivity index (χ2v) is 7.95. The molecule has 4 rings (SSSR count). The molecule has 2 atom stereocenters. The van der Waals surface area contributed by atoms with Gasteiger partial charge in [-0.05, 0) is 24.3 Å². The number of hydrogen-bond acceptors (Lipinski definition) is 5. The molecule has 0 saturated carbocycles. The van der Waals surface area contributed by atoms with Gasteiger partial charge in [-0.25, -0.2) is 9.37 Å². The normalized spacial score (nSPS) is 24.0. The number of piperidine rings is 1. The number of nitrogens with zero attached hydrogens (tertiary/aromatic N) is 4. The monoisotopic (exact) mass is 385 g/mol. The number of benzene rings is 1. The second kappa shape index (κ2) is 8.01. The number of anilines is 1. The van der Waals surface area contributed by atoms with Crippen LogP contribution in [0.5, 0.6) is 0 Å². The van der Waals surface area contributed by atoms with Gasteiger partial charge in [0.1, 0.15) is 12.0 Å². The maximum atomic E-state index is 13.5. The van der Waals surface area contributed by atoms with Gasteiger partial charge in [0.05, 0.1) is 19.3 Å². The number of pyridine rings is 1. The van der Waals surface area contributed by atoms with E-state index >= 15 is 0 Å². The highest BCUT2D eigenvalue weighted by Crippen LogP contribution is 2.24. The molecule has 1 aromatic carbocycles. The Morgan fingerprint density at radius 2 is 2.00 bits per heavy atom. The topological polar surface area (TPSA) is 65.7 Å². The number of likely N-dealkylation sites (tertiary alicyclic amines) is 2. The van der Waals surface area contributed by atoms with Crippen LogP contribution in [0.1, 0.15) is 19.3 Å². The van der Waals surface area contributed by atoms with E-state index in [1.807, 2.05) is 18.3 Å². The van der Waals surface area contributed by atoms with Gasteiger partial charge in [0.25, 0.3) is 0 Å². The summed E-state index contributed by atoms with van der Waals surface area (Å²) < 4.78 is 13.5. The van der Waals surface area contributed by atoms with Gasteiger partial charge in [-0.15, -0.1) is 0 Å². The fourth-order valence-corrected chi connectivity index (χ4v) is 4.30. The number of fused-ring (bicyclic) bond motifs is 1. The zero-order valence-electron chi connectivity index (χ0n) is 16.3. The quantitative estimate of drug-likeness (QED) is 0.872. The van der Waals surface area contributed by atoms with E-state index < -0.39 is 12.3 Å². The van der Waals surface area contributed by atoms with Crippen LogP contribution < -0.4 is 10.6 Å². The van der Waals surface area contributed by atoms with Crippen LogP contribution in [-0.2, 0) is 4.79 Å². The largest absolute Gasteiger partial charge is 0.357 e. The minimum Gasteiger partial charge on any atom is -0.357 e. The smallest absolute Gasteiger partial charge is 0.238 e. The molecule has 2 N–H and O–H groups in total. The van der Waals surface area contributed by atoms with Crippen molar-refractivity contribution in [3.8, 4) is 0 Å². The average molecular weight is 385 g/mol. The minimum atomic E-state index is -0.993. The molecule has 0 spiro atoms. The molecule has 150 valence electrons. The molecule has 1 aromatic heterocycles. The third-order valence-electron chi connectivity index (χ3n) is 6.05. The molecule has 2 aromatic rings. The third-order valence-corrected chi connectivity index (χ3v) is 6.05. The van der Waals surface area contributed by atoms with E-state index in [2.05, 4.69) is 40.0 Å². The molecule has 2 fully saturated rings. The number of aromatic nitrogens is 1. The molecule has 0 aliphatic carbocycles. The molecule has 0 unspecified atom stereocenters. The first kappa shape index (κ1) is 19.1. The number of hydrogen-bond donors (Lipinski definition) is 1. The Kier molecular flexibility index (Phi) is 5.46. The van der Waals surface area contributed by atoms with Crippen LogP contribution in [0.25, 0.3) is 10.8 Å². The third kappa shape index (κ3) is 3.95. The Morgan fingerprint density at radius 1 is 1.29 bits per heavy atom. The zero-order valence-corrected chi connectivity index (χ0v) is 16.3. The van der Waals surface area contributed by atoms with Crippen LogP contribution in [0.15, 0.2) is 36.5 Å². The maximum Gasteiger partial charge on any atom is 0.238 e. The summed E-state index contributed by atoms with van der Waals surface area (Å²) in [5.41, 5.74) is 5.87. The van der Waals surface area contributed by atoms with Crippen molar-refractivity contribution in [2.45, 2.75) is 37.6 Å². The minimum absolute atomic E-state index is 0.0596. The van der Waals surface area contributed by atoms with Crippen molar-refractivity contribution in [1.29, 1.82) is 0 Å². The fraction of sp³-hybridized carbons (Fsp3) is 0.524. The van der Waals surface area contributed by atoms with E-state index in [9.17, 15) is 9.18 Å². The van der Waals surface area contributed by atoms with Gasteiger partial charge in [0.15, 0.2) is 0 Å². The first-order valence-corrected chi connectivity index (χ1v) is 10.0. The predicted octanol–water partition coefficient (Wildman–Crippen LogP) is 1.99. The first-order chi connectivity index (χ1) is 13.5. The molecular formula is C21H28FN5O. The molecule has 2 aliphatic heterocycles. The number of halogens is 1. The lowest BCUT2D eigenvalue weighted by Gasteiger charge is -2.37. The van der Waals surface area contributed by atoms with Gasteiger partial charge in [-0.2, -0.15) is 0 Å². The van der Waals surface area contributed by atoms with Gasteiger partial charge < -0.3 is 15.5 Å². The summed E-state index contributed by atoms with van der Waals surface area (Å²) in [6.07, 6.45) is 2.63. The van der Waals surface area contributed by atoms with E-state index in [1.54, 1.807) is 0 Å². The number of rotatable bonds is 4. The molecule has 0 bridgehead atoms. The zero-order chi connectivity index (χ0) is 19.7. The summed E-state index contributed by atoms with van der Waals surface area (Å²) in [6.45, 7) is 2.14. The molecular weight excluding hydrogens is 357 g/mol. The van der Waals surface area contributed by atoms with Gasteiger partial charge in [-0.1, -0.05) is 24.3 Å². The Bertz CT molecular complexity index is 838. The predicted molar refractivity (Wildman–Crippen MR) is 109 cm³/mol. The Hall–Kier alpha value is -2.25. The highest BCUT2D eigenvalue weighted by molar-refractivity contribution is 5.84. The lowest BCUT2D eigenvalue weighted by Crippen LogP contribution is -2.49. The average Bonchev–Trinajstić information content (AvgIpc) is 3.06. The highest BCUT2D eigenvalue weighted by Gasteiger charge is 2.34. The van der Waals surface area contributed by atoms with Crippen molar-refractivity contribution in [1.82, 2.24) is 14.8 Å². The van der Waals surface area contributed by atoms with Crippen LogP contribution in [0.3, 0.4) is 0 Å². The number of carbonyl (C=O) groups is 1. The van der Waals surface area contributed by atoms with Crippen LogP contribution in [0, 0.1) is 0 Å². The maximum absolute atomic E-state index is 13.5. The standard InChI is InChI=1S/C21H28FN5O/c1-25(20-10-15-4-2-3-5-16(15)12-24-20)18-6-8-26(9-7-18)14-21(28)27-13-17(22)11-19(27)23/h2-5,10,12,17-19H,6-9,11,13-14,23H2,1H3/t17-,19-/m0/s1. The SMILES string of the molecule is CN(c1cc2ccccc2cn1)C1CCN(CC(=O)N2C[C@@H](F)C[C@H]2N)CC1. The van der Waals surface area contributed by atoms with Crippen molar-refractivity contribution in [3.63, 3.8) is 0 Å². The van der Waals surface area contributed by atoms with Gasteiger partial charge in [0.2, 0.25) is 5.91 Å². The van der Waals surface area contributed by atoms with Crippen LogP contribution in [0.2, 0.25) is 0 Å². The second-order valence-electron chi connectivity index (χ2n) is 7.95. The molecule has 6 nitrogen and oxygen atoms in total. The lowest BCUT2D eigenvalue weighted by atomic mass is 10.0. The fourth-order valence-electron chi connectivity index (χ4n) is 4.30. The summed E-state index contributed by atoms with van der Waals surface area (Å²) in [5.74, 6) is 0.918. The first-order valence-electron chi connectivity index (χ1n) is 10.0. The number of amides is 1. The molecule has 28 heavy (non-hydrogen) atoms. The number of carbonyl (C=O) groups excluding carboxylic acids is 1. The van der Waals surface area contributed by atoms with E-state index in [4.69, 9.17) is 5.73 Å². The van der Waals surface area contributed by atoms with Crippen molar-refractivity contribution in [2.75, 3.05) is 38.1 Å². The van der Waals surface area contributed by atoms with Crippen molar-refractivity contribution in [2.24, 2.45) is 5.73 Å². The Labute approximate surface area is 165 Å². The van der Waals surface area contributed by atoms with Gasteiger partial charge in [0, 0.05) is 44.2 Å². The highest BCUT2D eigenvalue weighted by atomic mass is 19.1. The molecule has 0 radical (unpaired) electrons. The summed E-state index contributed by atoms with van der Waals surface area (Å²) >= 11 is 0. The lowest BCUT2D eigenvalue weighted by molar-refractivity contribution is -0.133. The van der Waals surface area contributed by atoms with Crippen LogP contribution in [0.4, 0.5) is 10.2 Å². The molecule has 2 saturated heterocycles. The van der Waals surface area contributed by atoms with Crippen molar-refractivity contribution in [3.05, 3.63) is 36.5 Å². The number of nitrogens with two attached hydrogens (primary N) is 1. The summed E-state index contributed by atoms with van der Waals surface area (Å²) in [4.78, 5) is 23.0. The van der Waals surface area contributed by atoms with E-state index in [1.165, 1.54) is 10.3 Å². The van der Waals surface area contributed by atoms with Crippen LogP contribution in [-0.4, -0.2) is 72.3 Å². The van der Waals surface area contributed by atoms with Gasteiger partial charge >= 0.3 is 0 Å². The molecule has 7 heteroatoms. The summed E-state index contributed by atoms with van der Waals surface area (Å²) in [5, 5.41) is 2.33. The molecule has 3 heterocycles. The van der Waals surface area contributed by atoms with Crippen molar-refractivity contribution < 1.29 is 9.18 Å².